The minimum atomic E-state index is -0.898. The Morgan fingerprint density at radius 1 is 1.09 bits per heavy atom. The molecule has 2 aliphatic heterocycles. The summed E-state index contributed by atoms with van der Waals surface area (Å²) in [5, 5.41) is 11.6. The molecular weight excluding hydrogens is 596 g/mol. The molecule has 45 heavy (non-hydrogen) atoms. The molecule has 11 heteroatoms. The molecule has 242 valence electrons. The summed E-state index contributed by atoms with van der Waals surface area (Å²) < 4.78 is 22.3. The largest absolute Gasteiger partial charge is 0.468 e. The van der Waals surface area contributed by atoms with Crippen molar-refractivity contribution in [3.63, 3.8) is 0 Å². The van der Waals surface area contributed by atoms with Crippen molar-refractivity contribution in [3.05, 3.63) is 81.0 Å². The number of nitro benzene ring substituents is 1. The van der Waals surface area contributed by atoms with E-state index in [4.69, 9.17) is 18.9 Å². The lowest BCUT2D eigenvalue weighted by Crippen LogP contribution is -2.37. The molecule has 3 atom stereocenters. The predicted octanol–water partition coefficient (Wildman–Crippen LogP) is 6.81. The fourth-order valence-electron chi connectivity index (χ4n) is 5.64. The van der Waals surface area contributed by atoms with Gasteiger partial charge in [-0.25, -0.2) is 4.79 Å². The predicted molar refractivity (Wildman–Crippen MR) is 172 cm³/mol. The second-order valence-corrected chi connectivity index (χ2v) is 12.1. The van der Waals surface area contributed by atoms with E-state index < -0.39 is 28.7 Å². The molecule has 2 heterocycles. The van der Waals surface area contributed by atoms with E-state index in [0.717, 1.165) is 42.9 Å². The van der Waals surface area contributed by atoms with E-state index in [-0.39, 0.29) is 24.2 Å². The molecule has 4 rings (SSSR count). The van der Waals surface area contributed by atoms with Crippen LogP contribution in [0, 0.1) is 16.0 Å². The van der Waals surface area contributed by atoms with Crippen molar-refractivity contribution < 1.29 is 33.5 Å². The second kappa shape index (κ2) is 17.2. The van der Waals surface area contributed by atoms with Crippen molar-refractivity contribution in [1.29, 1.82) is 0 Å². The molecule has 2 aromatic rings. The van der Waals surface area contributed by atoms with Crippen LogP contribution in [0.15, 0.2) is 69.7 Å². The van der Waals surface area contributed by atoms with Crippen molar-refractivity contribution in [3.8, 4) is 0 Å². The van der Waals surface area contributed by atoms with E-state index in [1.165, 1.54) is 24.8 Å². The van der Waals surface area contributed by atoms with Gasteiger partial charge in [-0.05, 0) is 68.2 Å². The van der Waals surface area contributed by atoms with Crippen LogP contribution in [0.3, 0.4) is 0 Å². The van der Waals surface area contributed by atoms with Crippen LogP contribution in [0.4, 0.5) is 5.69 Å². The lowest BCUT2D eigenvalue weighted by atomic mass is 9.74. The summed E-state index contributed by atoms with van der Waals surface area (Å²) in [5.41, 5.74) is 2.86. The number of aliphatic imine (C=N–C) groups is 1. The summed E-state index contributed by atoms with van der Waals surface area (Å²) >= 11 is 1.68. The molecule has 0 radical (unpaired) electrons. The number of thioether (sulfide) groups is 1. The standard InChI is InChI=1S/C34H42N2O8S/c1-4-27-31(33(37)41-3)30(24-10-8-11-25(22-24)36(39)40)32(28(5-2)35-27)34(38)44-19-9-21-45-26-15-13-23(14-16-26)17-20-43-29-12-6-7-18-42-29/h8,10-11,13-16,22,29-31H,4-7,9,12,17-21H2,1-3H3. The minimum Gasteiger partial charge on any atom is -0.468 e. The highest BCUT2D eigenvalue weighted by molar-refractivity contribution is 7.99. The first-order valence-electron chi connectivity index (χ1n) is 15.6. The number of hydrogen-bond donors (Lipinski definition) is 0. The van der Waals surface area contributed by atoms with Gasteiger partial charge in [0.1, 0.15) is 5.92 Å². The SMILES string of the molecule is CCC1=NC(CC)=C(C(=O)OCCCSc2ccc(CCOC3CCCCO3)cc2)C(c2cccc([N+](=O)[O-])c2)C1C(=O)OC. The van der Waals surface area contributed by atoms with Crippen molar-refractivity contribution in [2.75, 3.05) is 32.7 Å². The van der Waals surface area contributed by atoms with Gasteiger partial charge in [-0.2, -0.15) is 0 Å². The lowest BCUT2D eigenvalue weighted by molar-refractivity contribution is -0.384. The molecule has 1 fully saturated rings. The van der Waals surface area contributed by atoms with E-state index in [0.29, 0.717) is 42.8 Å². The zero-order valence-corrected chi connectivity index (χ0v) is 27.0. The number of carbonyl (C=O) groups excluding carboxylic acids is 2. The zero-order valence-electron chi connectivity index (χ0n) is 26.2. The van der Waals surface area contributed by atoms with Gasteiger partial charge in [0.15, 0.2) is 6.29 Å². The monoisotopic (exact) mass is 638 g/mol. The van der Waals surface area contributed by atoms with Gasteiger partial charge in [0, 0.05) is 41.0 Å². The molecule has 1 saturated heterocycles. The minimum absolute atomic E-state index is 0.0767. The number of carbonyl (C=O) groups is 2. The summed E-state index contributed by atoms with van der Waals surface area (Å²) in [6.45, 7) is 5.34. The third-order valence-electron chi connectivity index (χ3n) is 7.95. The Morgan fingerprint density at radius 3 is 2.56 bits per heavy atom. The number of rotatable bonds is 15. The molecule has 3 unspecified atom stereocenters. The number of benzene rings is 2. The van der Waals surface area contributed by atoms with Gasteiger partial charge in [0.2, 0.25) is 0 Å². The smallest absolute Gasteiger partial charge is 0.336 e. The maximum Gasteiger partial charge on any atom is 0.336 e. The molecule has 0 aliphatic carbocycles. The van der Waals surface area contributed by atoms with Crippen LogP contribution in [-0.4, -0.2) is 61.5 Å². The molecule has 10 nitrogen and oxygen atoms in total. The van der Waals surface area contributed by atoms with E-state index in [9.17, 15) is 19.7 Å². The van der Waals surface area contributed by atoms with Crippen molar-refractivity contribution in [2.45, 2.75) is 75.9 Å². The highest BCUT2D eigenvalue weighted by atomic mass is 32.2. The Labute approximate surface area is 268 Å². The number of esters is 2. The maximum absolute atomic E-state index is 13.6. The lowest BCUT2D eigenvalue weighted by Gasteiger charge is -2.32. The molecule has 0 N–H and O–H groups in total. The summed E-state index contributed by atoms with van der Waals surface area (Å²) in [6.07, 6.45) is 5.47. The van der Waals surface area contributed by atoms with Crippen molar-refractivity contribution in [1.82, 2.24) is 0 Å². The van der Waals surface area contributed by atoms with Crippen molar-refractivity contribution in [2.24, 2.45) is 10.9 Å². The first-order valence-corrected chi connectivity index (χ1v) is 16.6. The summed E-state index contributed by atoms with van der Waals surface area (Å²) in [6, 6.07) is 14.4. The molecule has 0 spiro atoms. The summed E-state index contributed by atoms with van der Waals surface area (Å²) in [7, 11) is 1.28. The van der Waals surface area contributed by atoms with E-state index in [2.05, 4.69) is 29.3 Å². The molecule has 0 amide bonds. The van der Waals surface area contributed by atoms with Gasteiger partial charge < -0.3 is 18.9 Å². The maximum atomic E-state index is 13.6. The molecule has 0 saturated carbocycles. The summed E-state index contributed by atoms with van der Waals surface area (Å²) in [4.78, 5) is 43.5. The highest BCUT2D eigenvalue weighted by Gasteiger charge is 2.43. The van der Waals surface area contributed by atoms with Crippen LogP contribution in [-0.2, 0) is 35.0 Å². The van der Waals surface area contributed by atoms with Crippen LogP contribution in [0.5, 0.6) is 0 Å². The third kappa shape index (κ3) is 9.24. The molecule has 2 aliphatic rings. The van der Waals surface area contributed by atoms with Gasteiger partial charge in [-0.15, -0.1) is 11.8 Å². The Hall–Kier alpha value is -3.54. The Bertz CT molecular complexity index is 1380. The van der Waals surface area contributed by atoms with Crippen LogP contribution in [0.1, 0.15) is 69.4 Å². The first-order chi connectivity index (χ1) is 21.9. The zero-order chi connectivity index (χ0) is 32.2. The number of non-ortho nitro benzene ring substituents is 1. The van der Waals surface area contributed by atoms with Crippen LogP contribution < -0.4 is 0 Å². The van der Waals surface area contributed by atoms with Gasteiger partial charge in [0.05, 0.1) is 36.5 Å². The summed E-state index contributed by atoms with van der Waals surface area (Å²) in [5.74, 6) is -2.11. The molecule has 2 aromatic carbocycles. The number of methoxy groups -OCH3 is 1. The highest BCUT2D eigenvalue weighted by Crippen LogP contribution is 2.42. The van der Waals surface area contributed by atoms with Crippen LogP contribution in [0.2, 0.25) is 0 Å². The number of allylic oxidation sites excluding steroid dienone is 1. The number of ether oxygens (including phenoxy) is 4. The topological polar surface area (TPSA) is 127 Å². The normalized spacial score (nSPS) is 20.0. The van der Waals surface area contributed by atoms with E-state index >= 15 is 0 Å². The van der Waals surface area contributed by atoms with Gasteiger partial charge in [-0.1, -0.05) is 38.1 Å². The quantitative estimate of drug-likeness (QED) is 0.0680. The number of nitro groups is 1. The Morgan fingerprint density at radius 2 is 1.89 bits per heavy atom. The second-order valence-electron chi connectivity index (χ2n) is 10.9. The van der Waals surface area contributed by atoms with Crippen LogP contribution >= 0.6 is 11.8 Å². The fraction of sp³-hybridized carbons (Fsp3) is 0.500. The molecular formula is C34H42N2O8S. The Kier molecular flexibility index (Phi) is 13.2. The number of hydrogen-bond acceptors (Lipinski definition) is 10. The van der Waals surface area contributed by atoms with Gasteiger partial charge in [0.25, 0.3) is 5.69 Å². The third-order valence-corrected chi connectivity index (χ3v) is 9.05. The van der Waals surface area contributed by atoms with E-state index in [1.54, 1.807) is 23.9 Å². The van der Waals surface area contributed by atoms with Crippen molar-refractivity contribution >= 4 is 35.1 Å². The Balaban J connectivity index is 1.37. The molecule has 0 aromatic heterocycles. The number of nitrogens with zero attached hydrogens (tertiary/aromatic N) is 2. The molecule has 0 bridgehead atoms. The average Bonchev–Trinajstić information content (AvgIpc) is 3.07. The van der Waals surface area contributed by atoms with Gasteiger partial charge in [-0.3, -0.25) is 19.9 Å². The fourth-order valence-corrected chi connectivity index (χ4v) is 6.47. The van der Waals surface area contributed by atoms with Gasteiger partial charge >= 0.3 is 11.9 Å². The van der Waals surface area contributed by atoms with Crippen LogP contribution in [0.25, 0.3) is 0 Å². The first kappa shape index (κ1) is 34.3. The van der Waals surface area contributed by atoms with E-state index in [1.807, 2.05) is 13.8 Å². The average molecular weight is 639 g/mol.